The first-order valence-corrected chi connectivity index (χ1v) is 8.41. The van der Waals surface area contributed by atoms with E-state index < -0.39 is 12.1 Å². The molecule has 1 atom stereocenters. The minimum atomic E-state index is -0.543. The first kappa shape index (κ1) is 18.3. The van der Waals surface area contributed by atoms with Crippen molar-refractivity contribution >= 4 is 11.8 Å². The summed E-state index contributed by atoms with van der Waals surface area (Å²) in [5, 5.41) is 9.19. The van der Waals surface area contributed by atoms with Gasteiger partial charge in [-0.15, -0.1) is 0 Å². The zero-order valence-corrected chi connectivity index (χ0v) is 14.8. The summed E-state index contributed by atoms with van der Waals surface area (Å²) in [6.07, 6.45) is 0.00844. The van der Waals surface area contributed by atoms with Crippen LogP contribution in [0, 0.1) is 0 Å². The quantitative estimate of drug-likeness (QED) is 0.645. The number of nitrogens with zero attached hydrogens (tertiary/aromatic N) is 1. The number of nitrogens with one attached hydrogen (secondary N) is 2. The van der Waals surface area contributed by atoms with Gasteiger partial charge in [-0.05, 0) is 30.2 Å². The number of aromatic nitrogens is 2. The molecular weight excluding hydrogens is 344 g/mol. The molecule has 1 heterocycles. The number of anilines is 1. The van der Waals surface area contributed by atoms with E-state index in [1.54, 1.807) is 30.3 Å². The van der Waals surface area contributed by atoms with E-state index in [1.807, 2.05) is 30.3 Å². The average molecular weight is 364 g/mol. The molecule has 0 bridgehead atoms. The fourth-order valence-electron chi connectivity index (χ4n) is 2.72. The Labute approximate surface area is 156 Å². The van der Waals surface area contributed by atoms with Crippen molar-refractivity contribution in [3.63, 3.8) is 0 Å². The van der Waals surface area contributed by atoms with Crippen molar-refractivity contribution in [1.82, 2.24) is 10.2 Å². The summed E-state index contributed by atoms with van der Waals surface area (Å²) in [6.45, 7) is 0. The van der Waals surface area contributed by atoms with Crippen LogP contribution in [0.25, 0.3) is 11.3 Å². The van der Waals surface area contributed by atoms with Crippen molar-refractivity contribution < 1.29 is 9.53 Å². The average Bonchev–Trinajstić information content (AvgIpc) is 2.69. The van der Waals surface area contributed by atoms with Gasteiger partial charge in [0, 0.05) is 22.9 Å². The first-order valence-electron chi connectivity index (χ1n) is 8.41. The number of H-pyrrole nitrogens is 1. The molecular formula is C20H20N4O3. The molecule has 7 heteroatoms. The molecule has 3 aromatic rings. The minimum absolute atomic E-state index is 0.300. The lowest BCUT2D eigenvalue weighted by Gasteiger charge is -2.12. The molecule has 0 spiro atoms. The van der Waals surface area contributed by atoms with Gasteiger partial charge in [0.15, 0.2) is 0 Å². The lowest BCUT2D eigenvalue weighted by Crippen LogP contribution is -2.24. The van der Waals surface area contributed by atoms with Crippen molar-refractivity contribution in [1.29, 1.82) is 0 Å². The minimum Gasteiger partial charge on any atom is -0.453 e. The van der Waals surface area contributed by atoms with Gasteiger partial charge in [0.2, 0.25) is 0 Å². The molecule has 1 unspecified atom stereocenters. The van der Waals surface area contributed by atoms with Crippen LogP contribution in [0.4, 0.5) is 10.5 Å². The Balaban J connectivity index is 1.82. The number of nitrogens with two attached hydrogens (primary N) is 1. The normalized spacial score (nSPS) is 11.6. The largest absolute Gasteiger partial charge is 0.453 e. The second-order valence-electron chi connectivity index (χ2n) is 6.03. The van der Waals surface area contributed by atoms with Crippen LogP contribution in [-0.4, -0.2) is 23.4 Å². The molecule has 0 radical (unpaired) electrons. The van der Waals surface area contributed by atoms with E-state index in [1.165, 1.54) is 7.11 Å². The number of rotatable bonds is 5. The van der Waals surface area contributed by atoms with Gasteiger partial charge in [-0.2, -0.15) is 5.10 Å². The number of amides is 1. The van der Waals surface area contributed by atoms with Crippen LogP contribution < -0.4 is 16.6 Å². The summed E-state index contributed by atoms with van der Waals surface area (Å²) in [6, 6.07) is 18.1. The highest BCUT2D eigenvalue weighted by Gasteiger charge is 2.14. The molecule has 1 amide bonds. The van der Waals surface area contributed by atoms with Crippen LogP contribution in [0.5, 0.6) is 0 Å². The molecule has 0 saturated heterocycles. The Kier molecular flexibility index (Phi) is 5.63. The molecule has 3 rings (SSSR count). The van der Waals surface area contributed by atoms with E-state index in [-0.39, 0.29) is 5.56 Å². The number of carbonyl (C=O) groups is 1. The number of methoxy groups -OCH3 is 1. The third-order valence-corrected chi connectivity index (χ3v) is 4.14. The molecule has 1 aromatic heterocycles. The highest BCUT2D eigenvalue weighted by atomic mass is 16.5. The van der Waals surface area contributed by atoms with E-state index in [0.29, 0.717) is 23.4 Å². The van der Waals surface area contributed by atoms with Crippen LogP contribution in [0.2, 0.25) is 0 Å². The maximum atomic E-state index is 12.2. The first-order chi connectivity index (χ1) is 13.1. The molecule has 0 aliphatic rings. The van der Waals surface area contributed by atoms with Crippen molar-refractivity contribution in [2.75, 3.05) is 12.4 Å². The molecule has 138 valence electrons. The maximum Gasteiger partial charge on any atom is 0.411 e. The zero-order chi connectivity index (χ0) is 19.2. The van der Waals surface area contributed by atoms with Gasteiger partial charge in [-0.25, -0.2) is 9.89 Å². The van der Waals surface area contributed by atoms with Crippen LogP contribution in [0.3, 0.4) is 0 Å². The molecule has 27 heavy (non-hydrogen) atoms. The zero-order valence-electron chi connectivity index (χ0n) is 14.8. The number of aromatic amines is 1. The van der Waals surface area contributed by atoms with E-state index in [9.17, 15) is 9.59 Å². The molecule has 7 nitrogen and oxygen atoms in total. The van der Waals surface area contributed by atoms with Crippen LogP contribution in [-0.2, 0) is 11.2 Å². The van der Waals surface area contributed by atoms with Gasteiger partial charge < -0.3 is 10.5 Å². The Morgan fingerprint density at radius 2 is 1.89 bits per heavy atom. The van der Waals surface area contributed by atoms with Crippen LogP contribution >= 0.6 is 0 Å². The number of hydrogen-bond acceptors (Lipinski definition) is 5. The fraction of sp³-hybridized carbons (Fsp3) is 0.150. The lowest BCUT2D eigenvalue weighted by atomic mass is 9.99. The topological polar surface area (TPSA) is 110 Å². The maximum absolute atomic E-state index is 12.2. The van der Waals surface area contributed by atoms with E-state index in [0.717, 1.165) is 11.1 Å². The molecule has 0 saturated carbocycles. The van der Waals surface area contributed by atoms with Gasteiger partial charge in [0.25, 0.3) is 5.56 Å². The SMILES string of the molecule is COC(=O)Nc1ccc(-c2cc(C(N)Cc3ccccc3)c(=O)[nH]n2)cc1. The number of carbonyl (C=O) groups excluding carboxylic acids is 1. The number of benzene rings is 2. The standard InChI is InChI=1S/C20H20N4O3/c1-27-20(26)22-15-9-7-14(8-10-15)18-12-16(19(25)24-23-18)17(21)11-13-5-3-2-4-6-13/h2-10,12,17H,11,21H2,1H3,(H,22,26)(H,24,25). The van der Waals surface area contributed by atoms with Gasteiger partial charge in [0.05, 0.1) is 12.8 Å². The van der Waals surface area contributed by atoms with Crippen LogP contribution in [0.15, 0.2) is 65.5 Å². The lowest BCUT2D eigenvalue weighted by molar-refractivity contribution is 0.187. The summed E-state index contributed by atoms with van der Waals surface area (Å²) in [5.74, 6) is 0. The predicted octanol–water partition coefficient (Wildman–Crippen LogP) is 2.86. The molecule has 4 N–H and O–H groups in total. The number of hydrogen-bond donors (Lipinski definition) is 3. The molecule has 0 aliphatic carbocycles. The summed E-state index contributed by atoms with van der Waals surface area (Å²) < 4.78 is 4.56. The monoisotopic (exact) mass is 364 g/mol. The highest BCUT2D eigenvalue weighted by molar-refractivity contribution is 5.84. The smallest absolute Gasteiger partial charge is 0.411 e. The second-order valence-corrected chi connectivity index (χ2v) is 6.03. The van der Waals surface area contributed by atoms with E-state index in [2.05, 4.69) is 20.3 Å². The summed E-state index contributed by atoms with van der Waals surface area (Å²) in [4.78, 5) is 23.4. The van der Waals surface area contributed by atoms with Crippen molar-refractivity contribution in [2.45, 2.75) is 12.5 Å². The van der Waals surface area contributed by atoms with Crippen LogP contribution in [0.1, 0.15) is 17.2 Å². The summed E-state index contributed by atoms with van der Waals surface area (Å²) in [7, 11) is 1.30. The third kappa shape index (κ3) is 4.59. The summed E-state index contributed by atoms with van der Waals surface area (Å²) in [5.41, 5.74) is 9.46. The third-order valence-electron chi connectivity index (χ3n) is 4.14. The predicted molar refractivity (Wildman–Crippen MR) is 103 cm³/mol. The summed E-state index contributed by atoms with van der Waals surface area (Å²) >= 11 is 0. The molecule has 0 fully saturated rings. The Hall–Kier alpha value is -3.45. The van der Waals surface area contributed by atoms with E-state index >= 15 is 0 Å². The Morgan fingerprint density at radius 3 is 2.56 bits per heavy atom. The Bertz CT molecular complexity index is 969. The van der Waals surface area contributed by atoms with Gasteiger partial charge in [-0.3, -0.25) is 10.1 Å². The highest BCUT2D eigenvalue weighted by Crippen LogP contribution is 2.21. The Morgan fingerprint density at radius 1 is 1.19 bits per heavy atom. The molecule has 2 aromatic carbocycles. The second kappa shape index (κ2) is 8.29. The van der Waals surface area contributed by atoms with E-state index in [4.69, 9.17) is 5.73 Å². The molecule has 0 aliphatic heterocycles. The number of ether oxygens (including phenoxy) is 1. The van der Waals surface area contributed by atoms with Crippen molar-refractivity contribution in [3.8, 4) is 11.3 Å². The van der Waals surface area contributed by atoms with Gasteiger partial charge >= 0.3 is 6.09 Å². The van der Waals surface area contributed by atoms with Crippen molar-refractivity contribution in [3.05, 3.63) is 82.1 Å². The fourth-order valence-corrected chi connectivity index (χ4v) is 2.72. The van der Waals surface area contributed by atoms with Gasteiger partial charge in [-0.1, -0.05) is 42.5 Å². The van der Waals surface area contributed by atoms with Gasteiger partial charge in [0.1, 0.15) is 0 Å². The van der Waals surface area contributed by atoms with Crippen molar-refractivity contribution in [2.24, 2.45) is 5.73 Å².